The molecule has 196 valence electrons. The normalized spacial score (nSPS) is 10.5. The van der Waals surface area contributed by atoms with Gasteiger partial charge in [-0.2, -0.15) is 11.8 Å². The lowest BCUT2D eigenvalue weighted by atomic mass is 10.0. The maximum Gasteiger partial charge on any atom is 0.119 e. The van der Waals surface area contributed by atoms with E-state index in [4.69, 9.17) is 9.47 Å². The second kappa shape index (κ2) is 25.0. The number of allylic oxidation sites excluding steroid dienone is 4. The highest BCUT2D eigenvalue weighted by Crippen LogP contribution is 2.16. The SMILES string of the molecule is CCC/C=C/C/C=C/CCCCCCCc1cccc(OC)c1.COc1cccc(C)c1.CSC. The Labute approximate surface area is 221 Å². The molecule has 0 bridgehead atoms. The smallest absolute Gasteiger partial charge is 0.119 e. The molecule has 0 fully saturated rings. The van der Waals surface area contributed by atoms with E-state index < -0.39 is 0 Å². The predicted octanol–water partition coefficient (Wildman–Crippen LogP) is 9.86. The molecule has 0 unspecified atom stereocenters. The molecule has 0 aromatic heterocycles. The van der Waals surface area contributed by atoms with Crippen LogP contribution in [0, 0.1) is 6.92 Å². The first-order valence-corrected chi connectivity index (χ1v) is 14.7. The average Bonchev–Trinajstić information content (AvgIpc) is 2.88. The number of thioether (sulfide) groups is 1. The summed E-state index contributed by atoms with van der Waals surface area (Å²) in [5.74, 6) is 1.90. The Morgan fingerprint density at radius 3 is 1.89 bits per heavy atom. The minimum atomic E-state index is 0.926. The fourth-order valence-electron chi connectivity index (χ4n) is 3.37. The number of hydrogen-bond donors (Lipinski definition) is 0. The summed E-state index contributed by atoms with van der Waals surface area (Å²) >= 11 is 1.75. The molecule has 0 spiro atoms. The van der Waals surface area contributed by atoms with Gasteiger partial charge in [-0.1, -0.05) is 81.2 Å². The maximum absolute atomic E-state index is 5.26. The van der Waals surface area contributed by atoms with Crippen molar-refractivity contribution >= 4 is 11.8 Å². The van der Waals surface area contributed by atoms with Gasteiger partial charge in [0.25, 0.3) is 0 Å². The number of unbranched alkanes of at least 4 members (excludes halogenated alkanes) is 6. The Balaban J connectivity index is 0.000000791. The first-order chi connectivity index (χ1) is 17.1. The Morgan fingerprint density at radius 1 is 0.714 bits per heavy atom. The average molecular weight is 499 g/mol. The van der Waals surface area contributed by atoms with Crippen molar-refractivity contribution in [2.24, 2.45) is 0 Å². The molecule has 2 aromatic carbocycles. The van der Waals surface area contributed by atoms with Gasteiger partial charge < -0.3 is 9.47 Å². The van der Waals surface area contributed by atoms with Crippen LogP contribution in [0.25, 0.3) is 0 Å². The third-order valence-electron chi connectivity index (χ3n) is 5.26. The van der Waals surface area contributed by atoms with Gasteiger partial charge in [-0.3, -0.25) is 0 Å². The highest BCUT2D eigenvalue weighted by Gasteiger charge is 1.96. The summed E-state index contributed by atoms with van der Waals surface area (Å²) in [5.41, 5.74) is 2.62. The van der Waals surface area contributed by atoms with Crippen molar-refractivity contribution in [3.63, 3.8) is 0 Å². The molecule has 0 N–H and O–H groups in total. The van der Waals surface area contributed by atoms with Crippen LogP contribution in [0.2, 0.25) is 0 Å². The molecule has 0 saturated heterocycles. The molecule has 3 heteroatoms. The van der Waals surface area contributed by atoms with Crippen LogP contribution in [0.3, 0.4) is 0 Å². The number of ether oxygens (including phenoxy) is 2. The third-order valence-corrected chi connectivity index (χ3v) is 5.26. The molecule has 0 amide bonds. The van der Waals surface area contributed by atoms with Gasteiger partial charge in [0.05, 0.1) is 14.2 Å². The van der Waals surface area contributed by atoms with Crippen LogP contribution in [-0.4, -0.2) is 26.7 Å². The fourth-order valence-corrected chi connectivity index (χ4v) is 3.37. The van der Waals surface area contributed by atoms with Gasteiger partial charge in [0, 0.05) is 0 Å². The van der Waals surface area contributed by atoms with Gasteiger partial charge in [0.2, 0.25) is 0 Å². The van der Waals surface area contributed by atoms with Crippen LogP contribution in [0.4, 0.5) is 0 Å². The monoisotopic (exact) mass is 498 g/mol. The quantitative estimate of drug-likeness (QED) is 0.191. The predicted molar refractivity (Wildman–Crippen MR) is 159 cm³/mol. The van der Waals surface area contributed by atoms with Crippen molar-refractivity contribution in [2.45, 2.75) is 78.1 Å². The Hall–Kier alpha value is -2.13. The number of rotatable bonds is 14. The summed E-state index contributed by atoms with van der Waals surface area (Å²) < 4.78 is 10.3. The summed E-state index contributed by atoms with van der Waals surface area (Å²) in [6.45, 7) is 4.26. The number of methoxy groups -OCH3 is 2. The second-order valence-electron chi connectivity index (χ2n) is 8.55. The summed E-state index contributed by atoms with van der Waals surface area (Å²) in [6.07, 6.45) is 25.9. The van der Waals surface area contributed by atoms with Crippen LogP contribution >= 0.6 is 11.8 Å². The topological polar surface area (TPSA) is 18.5 Å². The molecule has 2 rings (SSSR count). The second-order valence-corrected chi connectivity index (χ2v) is 9.37. The molecule has 0 radical (unpaired) electrons. The van der Waals surface area contributed by atoms with E-state index >= 15 is 0 Å². The molecule has 0 aliphatic carbocycles. The molecule has 0 aliphatic heterocycles. The summed E-state index contributed by atoms with van der Waals surface area (Å²) in [7, 11) is 3.41. The van der Waals surface area contributed by atoms with E-state index in [9.17, 15) is 0 Å². The van der Waals surface area contributed by atoms with E-state index in [0.717, 1.165) is 17.9 Å². The van der Waals surface area contributed by atoms with Crippen molar-refractivity contribution < 1.29 is 9.47 Å². The van der Waals surface area contributed by atoms with Crippen LogP contribution in [0.1, 0.15) is 75.8 Å². The van der Waals surface area contributed by atoms with E-state index in [1.165, 1.54) is 68.9 Å². The molecule has 0 atom stereocenters. The lowest BCUT2D eigenvalue weighted by Crippen LogP contribution is -1.88. The summed E-state index contributed by atoms with van der Waals surface area (Å²) in [6, 6.07) is 16.4. The standard InChI is InChI=1S/C22H34O.C8H10O.C2H6S/c1-3-4-5-6-7-8-9-10-11-12-13-14-15-17-21-18-16-19-22(20-21)23-2;1-7-4-3-5-8(6-7)9-2;1-3-2/h5-6,8-9,16,18-20H,3-4,7,10-15,17H2,1-2H3;3-6H,1-2H3;1-2H3/b6-5+,9-8+;;. The van der Waals surface area contributed by atoms with E-state index in [2.05, 4.69) is 49.4 Å². The van der Waals surface area contributed by atoms with Crippen molar-refractivity contribution in [1.29, 1.82) is 0 Å². The van der Waals surface area contributed by atoms with Crippen LogP contribution in [0.5, 0.6) is 11.5 Å². The highest BCUT2D eigenvalue weighted by molar-refractivity contribution is 7.97. The van der Waals surface area contributed by atoms with Crippen molar-refractivity contribution in [3.05, 3.63) is 84.0 Å². The third kappa shape index (κ3) is 20.9. The number of benzene rings is 2. The van der Waals surface area contributed by atoms with E-state index in [1.54, 1.807) is 26.0 Å². The van der Waals surface area contributed by atoms with Crippen LogP contribution in [0.15, 0.2) is 72.8 Å². The first-order valence-electron chi connectivity index (χ1n) is 13.0. The Morgan fingerprint density at radius 2 is 1.29 bits per heavy atom. The first kappa shape index (κ1) is 32.9. The Kier molecular flexibility index (Phi) is 23.5. The molecular weight excluding hydrogens is 448 g/mol. The Bertz CT molecular complexity index is 783. The zero-order valence-corrected chi connectivity index (χ0v) is 24.0. The molecule has 0 aliphatic rings. The lowest BCUT2D eigenvalue weighted by Gasteiger charge is -2.04. The lowest BCUT2D eigenvalue weighted by molar-refractivity contribution is 0.414. The minimum absolute atomic E-state index is 0.926. The molecule has 35 heavy (non-hydrogen) atoms. The minimum Gasteiger partial charge on any atom is -0.497 e. The van der Waals surface area contributed by atoms with Crippen molar-refractivity contribution in [3.8, 4) is 11.5 Å². The van der Waals surface area contributed by atoms with Crippen LogP contribution < -0.4 is 9.47 Å². The molecule has 0 saturated carbocycles. The van der Waals surface area contributed by atoms with E-state index in [1.807, 2.05) is 49.8 Å². The maximum atomic E-state index is 5.26. The number of aryl methyl sites for hydroxylation is 2. The molecule has 2 nitrogen and oxygen atoms in total. The van der Waals surface area contributed by atoms with Gasteiger partial charge in [-0.25, -0.2) is 0 Å². The zero-order valence-electron chi connectivity index (χ0n) is 23.2. The van der Waals surface area contributed by atoms with Gasteiger partial charge in [0.15, 0.2) is 0 Å². The van der Waals surface area contributed by atoms with Crippen molar-refractivity contribution in [1.82, 2.24) is 0 Å². The van der Waals surface area contributed by atoms with E-state index in [0.29, 0.717) is 0 Å². The zero-order chi connectivity index (χ0) is 26.0. The largest absolute Gasteiger partial charge is 0.497 e. The van der Waals surface area contributed by atoms with Gasteiger partial charge in [0.1, 0.15) is 11.5 Å². The molecule has 2 aromatic rings. The van der Waals surface area contributed by atoms with Gasteiger partial charge in [-0.05, 0) is 93.4 Å². The molecular formula is C32H50O2S. The van der Waals surface area contributed by atoms with E-state index in [-0.39, 0.29) is 0 Å². The molecule has 0 heterocycles. The highest BCUT2D eigenvalue weighted by atomic mass is 32.2. The van der Waals surface area contributed by atoms with Gasteiger partial charge >= 0.3 is 0 Å². The van der Waals surface area contributed by atoms with Gasteiger partial charge in [-0.15, -0.1) is 0 Å². The number of hydrogen-bond acceptors (Lipinski definition) is 3. The summed E-state index contributed by atoms with van der Waals surface area (Å²) in [4.78, 5) is 0. The fraction of sp³-hybridized carbons (Fsp3) is 0.500. The van der Waals surface area contributed by atoms with Crippen molar-refractivity contribution in [2.75, 3.05) is 26.7 Å². The van der Waals surface area contributed by atoms with Crippen LogP contribution in [-0.2, 0) is 6.42 Å². The summed E-state index contributed by atoms with van der Waals surface area (Å²) in [5, 5.41) is 0.